The van der Waals surface area contributed by atoms with Crippen molar-refractivity contribution in [1.29, 1.82) is 0 Å². The Morgan fingerprint density at radius 3 is 2.67 bits per heavy atom. The average molecular weight is 314 g/mol. The summed E-state index contributed by atoms with van der Waals surface area (Å²) in [6, 6.07) is 5.23. The highest BCUT2D eigenvalue weighted by atomic mass is 79.9. The molecule has 0 spiro atoms. The van der Waals surface area contributed by atoms with Crippen molar-refractivity contribution in [3.05, 3.63) is 34.1 Å². The van der Waals surface area contributed by atoms with Crippen molar-refractivity contribution in [3.8, 4) is 11.4 Å². The lowest BCUT2D eigenvalue weighted by atomic mass is 9.99. The Kier molecular flexibility index (Phi) is 3.49. The summed E-state index contributed by atoms with van der Waals surface area (Å²) < 4.78 is 19.5. The topological polar surface area (TPSA) is 64.9 Å². The first-order chi connectivity index (χ1) is 8.41. The van der Waals surface area contributed by atoms with Gasteiger partial charge in [-0.25, -0.2) is 4.39 Å². The summed E-state index contributed by atoms with van der Waals surface area (Å²) in [4.78, 5) is 4.11. The van der Waals surface area contributed by atoms with Gasteiger partial charge in [-0.1, -0.05) is 33.2 Å². The molecule has 1 aromatic carbocycles. The van der Waals surface area contributed by atoms with Crippen LogP contribution in [0.4, 0.5) is 4.39 Å². The number of aromatic nitrogens is 2. The highest BCUT2D eigenvalue weighted by molar-refractivity contribution is 9.10. The van der Waals surface area contributed by atoms with E-state index in [0.717, 1.165) is 5.56 Å². The van der Waals surface area contributed by atoms with Crippen LogP contribution in [0.3, 0.4) is 0 Å². The quantitative estimate of drug-likeness (QED) is 0.945. The van der Waals surface area contributed by atoms with Gasteiger partial charge in [-0.2, -0.15) is 4.98 Å². The van der Waals surface area contributed by atoms with Gasteiger partial charge in [0.2, 0.25) is 11.7 Å². The van der Waals surface area contributed by atoms with Crippen molar-refractivity contribution in [2.75, 3.05) is 0 Å². The van der Waals surface area contributed by atoms with E-state index < -0.39 is 5.67 Å². The van der Waals surface area contributed by atoms with Crippen molar-refractivity contribution < 1.29 is 8.91 Å². The molecule has 4 nitrogen and oxygen atoms in total. The molecule has 0 aliphatic carbocycles. The second-order valence-corrected chi connectivity index (χ2v) is 5.24. The van der Waals surface area contributed by atoms with E-state index in [1.807, 2.05) is 0 Å². The minimum Gasteiger partial charge on any atom is -0.338 e. The molecule has 2 aromatic rings. The highest BCUT2D eigenvalue weighted by Crippen LogP contribution is 2.33. The predicted octanol–water partition coefficient (Wildman–Crippen LogP) is 3.16. The largest absolute Gasteiger partial charge is 0.338 e. The first kappa shape index (κ1) is 13.2. The SMILES string of the molecule is CC(C)(F)c1ccc(-c2noc(CN)n2)cc1Br. The third kappa shape index (κ3) is 2.59. The maximum atomic E-state index is 13.9. The van der Waals surface area contributed by atoms with Crippen LogP contribution in [0.5, 0.6) is 0 Å². The normalized spacial score (nSPS) is 11.8. The summed E-state index contributed by atoms with van der Waals surface area (Å²) in [6.07, 6.45) is 0. The van der Waals surface area contributed by atoms with Crippen LogP contribution in [-0.2, 0) is 12.2 Å². The highest BCUT2D eigenvalue weighted by Gasteiger charge is 2.22. The summed E-state index contributed by atoms with van der Waals surface area (Å²) in [5.41, 5.74) is 5.32. The van der Waals surface area contributed by atoms with Gasteiger partial charge in [0.25, 0.3) is 0 Å². The Hall–Kier alpha value is -1.27. The van der Waals surface area contributed by atoms with Gasteiger partial charge in [0.1, 0.15) is 5.67 Å². The lowest BCUT2D eigenvalue weighted by molar-refractivity contribution is 0.220. The Labute approximate surface area is 113 Å². The zero-order valence-electron chi connectivity index (χ0n) is 10.1. The third-order valence-electron chi connectivity index (χ3n) is 2.51. The molecule has 0 bridgehead atoms. The molecule has 18 heavy (non-hydrogen) atoms. The zero-order chi connectivity index (χ0) is 13.3. The maximum Gasteiger partial charge on any atom is 0.240 e. The maximum absolute atomic E-state index is 13.9. The zero-order valence-corrected chi connectivity index (χ0v) is 11.7. The molecule has 96 valence electrons. The van der Waals surface area contributed by atoms with Gasteiger partial charge < -0.3 is 10.3 Å². The fourth-order valence-electron chi connectivity index (χ4n) is 1.59. The molecule has 0 unspecified atom stereocenters. The molecule has 0 saturated heterocycles. The van der Waals surface area contributed by atoms with Gasteiger partial charge in [-0.15, -0.1) is 0 Å². The summed E-state index contributed by atoms with van der Waals surface area (Å²) in [5, 5.41) is 3.81. The first-order valence-corrected chi connectivity index (χ1v) is 6.23. The lowest BCUT2D eigenvalue weighted by Crippen LogP contribution is -2.09. The number of rotatable bonds is 3. The molecule has 6 heteroatoms. The van der Waals surface area contributed by atoms with Crippen LogP contribution in [0.1, 0.15) is 25.3 Å². The standard InChI is InChI=1S/C12H13BrFN3O/c1-12(2,14)8-4-3-7(5-9(8)13)11-16-10(6-15)18-17-11/h3-5H,6,15H2,1-2H3. The summed E-state index contributed by atoms with van der Waals surface area (Å²) >= 11 is 3.35. The van der Waals surface area contributed by atoms with E-state index >= 15 is 0 Å². The van der Waals surface area contributed by atoms with E-state index in [1.165, 1.54) is 13.8 Å². The van der Waals surface area contributed by atoms with E-state index in [-0.39, 0.29) is 6.54 Å². The smallest absolute Gasteiger partial charge is 0.240 e. The number of hydrogen-bond acceptors (Lipinski definition) is 4. The minimum absolute atomic E-state index is 0.198. The fraction of sp³-hybridized carbons (Fsp3) is 0.333. The fourth-order valence-corrected chi connectivity index (χ4v) is 2.44. The van der Waals surface area contributed by atoms with Crippen molar-refractivity contribution in [2.45, 2.75) is 26.1 Å². The van der Waals surface area contributed by atoms with Crippen molar-refractivity contribution in [1.82, 2.24) is 10.1 Å². The van der Waals surface area contributed by atoms with Crippen molar-refractivity contribution in [2.24, 2.45) is 5.73 Å². The van der Waals surface area contributed by atoms with Gasteiger partial charge in [-0.3, -0.25) is 0 Å². The van der Waals surface area contributed by atoms with Gasteiger partial charge in [0, 0.05) is 15.6 Å². The van der Waals surface area contributed by atoms with Crippen LogP contribution >= 0.6 is 15.9 Å². The van der Waals surface area contributed by atoms with Gasteiger partial charge in [0.15, 0.2) is 0 Å². The number of nitrogens with two attached hydrogens (primary N) is 1. The van der Waals surface area contributed by atoms with Crippen LogP contribution in [-0.4, -0.2) is 10.1 Å². The molecule has 1 heterocycles. The first-order valence-electron chi connectivity index (χ1n) is 5.44. The average Bonchev–Trinajstić information content (AvgIpc) is 2.75. The Balaban J connectivity index is 2.40. The summed E-state index contributed by atoms with van der Waals surface area (Å²) in [5.74, 6) is 0.815. The predicted molar refractivity (Wildman–Crippen MR) is 69.5 cm³/mol. The number of hydrogen-bond donors (Lipinski definition) is 1. The number of nitrogens with zero attached hydrogens (tertiary/aromatic N) is 2. The molecule has 1 aromatic heterocycles. The Morgan fingerprint density at radius 2 is 2.17 bits per heavy atom. The number of halogens is 2. The van der Waals surface area contributed by atoms with Gasteiger partial charge in [-0.05, 0) is 19.9 Å². The van der Waals surface area contributed by atoms with Crippen LogP contribution < -0.4 is 5.73 Å². The van der Waals surface area contributed by atoms with Crippen LogP contribution in [0.25, 0.3) is 11.4 Å². The molecule has 2 rings (SSSR count). The van der Waals surface area contributed by atoms with Crippen molar-refractivity contribution in [3.63, 3.8) is 0 Å². The summed E-state index contributed by atoms with van der Waals surface area (Å²) in [7, 11) is 0. The molecule has 0 atom stereocenters. The van der Waals surface area contributed by atoms with Gasteiger partial charge >= 0.3 is 0 Å². The molecule has 0 aliphatic heterocycles. The molecular formula is C12H13BrFN3O. The van der Waals surface area contributed by atoms with Crippen LogP contribution in [0, 0.1) is 0 Å². The van der Waals surface area contributed by atoms with Gasteiger partial charge in [0.05, 0.1) is 6.54 Å². The van der Waals surface area contributed by atoms with E-state index in [9.17, 15) is 4.39 Å². The lowest BCUT2D eigenvalue weighted by Gasteiger charge is -2.16. The second kappa shape index (κ2) is 4.78. The molecule has 0 aliphatic rings. The third-order valence-corrected chi connectivity index (χ3v) is 3.17. The van der Waals surface area contributed by atoms with E-state index in [0.29, 0.717) is 21.8 Å². The van der Waals surface area contributed by atoms with Crippen LogP contribution in [0.2, 0.25) is 0 Å². The molecular weight excluding hydrogens is 301 g/mol. The molecule has 0 amide bonds. The van der Waals surface area contributed by atoms with Crippen LogP contribution in [0.15, 0.2) is 27.2 Å². The van der Waals surface area contributed by atoms with E-state index in [2.05, 4.69) is 26.1 Å². The Morgan fingerprint density at radius 1 is 1.44 bits per heavy atom. The van der Waals surface area contributed by atoms with Crippen molar-refractivity contribution >= 4 is 15.9 Å². The number of benzene rings is 1. The minimum atomic E-state index is -1.41. The number of alkyl halides is 1. The van der Waals surface area contributed by atoms with E-state index in [4.69, 9.17) is 10.3 Å². The monoisotopic (exact) mass is 313 g/mol. The second-order valence-electron chi connectivity index (χ2n) is 4.38. The molecule has 0 fully saturated rings. The van der Waals surface area contributed by atoms with E-state index in [1.54, 1.807) is 18.2 Å². The summed E-state index contributed by atoms with van der Waals surface area (Å²) in [6.45, 7) is 3.21. The molecule has 2 N–H and O–H groups in total. The molecule has 0 radical (unpaired) electrons. The molecule has 0 saturated carbocycles. The Bertz CT molecular complexity index is 563.